The average Bonchev–Trinajstić information content (AvgIpc) is 2.72. The van der Waals surface area contributed by atoms with Crippen LogP contribution in [0.25, 0.3) is 0 Å². The van der Waals surface area contributed by atoms with Crippen molar-refractivity contribution in [3.63, 3.8) is 0 Å². The van der Waals surface area contributed by atoms with Gasteiger partial charge in [-0.2, -0.15) is 0 Å². The van der Waals surface area contributed by atoms with Gasteiger partial charge >= 0.3 is 0 Å². The van der Waals surface area contributed by atoms with E-state index in [1.54, 1.807) is 6.08 Å². The monoisotopic (exact) mass is 409 g/mol. The Morgan fingerprint density at radius 1 is 1.31 bits per heavy atom. The zero-order valence-electron chi connectivity index (χ0n) is 17.4. The van der Waals surface area contributed by atoms with Gasteiger partial charge in [-0.05, 0) is 67.7 Å². The maximum atomic E-state index is 5.57. The fourth-order valence-corrected chi connectivity index (χ4v) is 3.96. The van der Waals surface area contributed by atoms with Crippen LogP contribution < -0.4 is 20.3 Å². The number of ether oxygens (including phenoxy) is 1. The van der Waals surface area contributed by atoms with Crippen LogP contribution >= 0.6 is 12.2 Å². The van der Waals surface area contributed by atoms with Crippen molar-refractivity contribution in [2.24, 2.45) is 5.92 Å². The van der Waals surface area contributed by atoms with Gasteiger partial charge in [0.1, 0.15) is 12.4 Å². The molecule has 1 heterocycles. The van der Waals surface area contributed by atoms with Crippen LogP contribution in [-0.4, -0.2) is 24.8 Å². The lowest BCUT2D eigenvalue weighted by Crippen LogP contribution is -2.34. The molecule has 2 N–H and O–H groups in total. The van der Waals surface area contributed by atoms with Crippen LogP contribution in [0, 0.1) is 5.92 Å². The predicted octanol–water partition coefficient (Wildman–Crippen LogP) is 5.54. The van der Waals surface area contributed by atoms with E-state index in [1.165, 1.54) is 24.1 Å². The van der Waals surface area contributed by atoms with Crippen LogP contribution in [0.4, 0.5) is 11.4 Å². The van der Waals surface area contributed by atoms with E-state index < -0.39 is 0 Å². The minimum absolute atomic E-state index is 0.115. The number of nitrogens with zero attached hydrogens (tertiary/aromatic N) is 1. The molecule has 0 radical (unpaired) electrons. The van der Waals surface area contributed by atoms with E-state index in [2.05, 4.69) is 60.2 Å². The molecule has 0 saturated carbocycles. The van der Waals surface area contributed by atoms with Crippen LogP contribution in [0.2, 0.25) is 0 Å². The van der Waals surface area contributed by atoms with E-state index in [0.29, 0.717) is 11.7 Å². The molecule has 1 saturated heterocycles. The second-order valence-corrected chi connectivity index (χ2v) is 8.14. The molecule has 0 bridgehead atoms. The summed E-state index contributed by atoms with van der Waals surface area (Å²) >= 11 is 5.50. The lowest BCUT2D eigenvalue weighted by Gasteiger charge is -2.33. The minimum atomic E-state index is 0.115. The highest BCUT2D eigenvalue weighted by Gasteiger charge is 2.17. The first kappa shape index (κ1) is 21.2. The Hall–Kier alpha value is -2.53. The fraction of sp³-hybridized carbons (Fsp3) is 0.375. The smallest absolute Gasteiger partial charge is 0.171 e. The zero-order chi connectivity index (χ0) is 20.6. The lowest BCUT2D eigenvalue weighted by molar-refractivity contribution is 0.363. The van der Waals surface area contributed by atoms with Crippen molar-refractivity contribution in [2.45, 2.75) is 32.7 Å². The minimum Gasteiger partial charge on any atom is -0.489 e. The molecular weight excluding hydrogens is 378 g/mol. The highest BCUT2D eigenvalue weighted by Crippen LogP contribution is 2.25. The molecule has 0 aliphatic carbocycles. The number of hydrogen-bond acceptors (Lipinski definition) is 3. The molecule has 1 aliphatic rings. The number of hydrogen-bond donors (Lipinski definition) is 2. The first-order chi connectivity index (χ1) is 14.0. The van der Waals surface area contributed by atoms with Crippen molar-refractivity contribution in [3.05, 3.63) is 66.7 Å². The van der Waals surface area contributed by atoms with E-state index in [4.69, 9.17) is 17.0 Å². The van der Waals surface area contributed by atoms with E-state index in [-0.39, 0.29) is 6.04 Å². The van der Waals surface area contributed by atoms with Crippen molar-refractivity contribution in [3.8, 4) is 5.75 Å². The van der Waals surface area contributed by atoms with Gasteiger partial charge in [0.15, 0.2) is 5.11 Å². The van der Waals surface area contributed by atoms with Gasteiger partial charge in [-0.3, -0.25) is 0 Å². The summed E-state index contributed by atoms with van der Waals surface area (Å²) in [6.45, 7) is 10.9. The SMILES string of the molecule is C=CCOc1cccc(NC(=S)N[C@@H](C)c2ccc(N3CCC[C@@H](C)C3)cc2)c1. The summed E-state index contributed by atoms with van der Waals surface area (Å²) in [6.07, 6.45) is 4.34. The number of benzene rings is 2. The average molecular weight is 410 g/mol. The summed E-state index contributed by atoms with van der Waals surface area (Å²) in [5, 5.41) is 7.19. The highest BCUT2D eigenvalue weighted by molar-refractivity contribution is 7.80. The molecular formula is C24H31N3OS. The lowest BCUT2D eigenvalue weighted by atomic mass is 9.99. The Kier molecular flexibility index (Phi) is 7.53. The molecule has 0 spiro atoms. The molecule has 0 aromatic heterocycles. The van der Waals surface area contributed by atoms with Gasteiger partial charge in [-0.15, -0.1) is 0 Å². The molecule has 29 heavy (non-hydrogen) atoms. The molecule has 5 heteroatoms. The molecule has 154 valence electrons. The summed E-state index contributed by atoms with van der Waals surface area (Å²) in [4.78, 5) is 2.49. The van der Waals surface area contributed by atoms with Crippen molar-refractivity contribution in [1.29, 1.82) is 0 Å². The quantitative estimate of drug-likeness (QED) is 0.464. The number of rotatable bonds is 7. The number of nitrogens with one attached hydrogen (secondary N) is 2. The summed E-state index contributed by atoms with van der Waals surface area (Å²) < 4.78 is 5.57. The van der Waals surface area contributed by atoms with Gasteiger partial charge in [-0.25, -0.2) is 0 Å². The number of thiocarbonyl (C=S) groups is 1. The number of anilines is 2. The van der Waals surface area contributed by atoms with Crippen molar-refractivity contribution in [1.82, 2.24) is 5.32 Å². The summed E-state index contributed by atoms with van der Waals surface area (Å²) in [5.74, 6) is 1.56. The third kappa shape index (κ3) is 6.23. The largest absolute Gasteiger partial charge is 0.489 e. The van der Waals surface area contributed by atoms with Crippen molar-refractivity contribution >= 4 is 28.7 Å². The highest BCUT2D eigenvalue weighted by atomic mass is 32.1. The number of piperidine rings is 1. The second kappa shape index (κ2) is 10.3. The summed E-state index contributed by atoms with van der Waals surface area (Å²) in [6, 6.07) is 16.7. The van der Waals surface area contributed by atoms with Gasteiger partial charge in [0.2, 0.25) is 0 Å². The fourth-order valence-electron chi connectivity index (χ4n) is 3.66. The Morgan fingerprint density at radius 3 is 2.83 bits per heavy atom. The standard InChI is InChI=1S/C24H31N3OS/c1-4-15-28-23-9-5-8-21(16-23)26-24(29)25-19(3)20-10-12-22(13-11-20)27-14-6-7-18(2)17-27/h4-5,8-13,16,18-19H,1,6-7,14-15,17H2,2-3H3,(H2,25,26,29)/t18-,19+/m1/s1. The first-order valence-corrected chi connectivity index (χ1v) is 10.7. The normalized spacial score (nSPS) is 17.3. The summed E-state index contributed by atoms with van der Waals surface area (Å²) in [5.41, 5.74) is 3.42. The molecule has 0 unspecified atom stereocenters. The van der Waals surface area contributed by atoms with Crippen LogP contribution in [0.3, 0.4) is 0 Å². The van der Waals surface area contributed by atoms with E-state index >= 15 is 0 Å². The molecule has 2 atom stereocenters. The Morgan fingerprint density at radius 2 is 2.10 bits per heavy atom. The van der Waals surface area contributed by atoms with Crippen molar-refractivity contribution < 1.29 is 4.74 Å². The molecule has 4 nitrogen and oxygen atoms in total. The third-order valence-electron chi connectivity index (χ3n) is 5.22. The topological polar surface area (TPSA) is 36.5 Å². The van der Waals surface area contributed by atoms with E-state index in [1.807, 2.05) is 24.3 Å². The third-order valence-corrected chi connectivity index (χ3v) is 5.44. The van der Waals surface area contributed by atoms with Gasteiger partial charge in [-0.1, -0.05) is 37.8 Å². The van der Waals surface area contributed by atoms with Gasteiger partial charge < -0.3 is 20.3 Å². The van der Waals surface area contributed by atoms with Gasteiger partial charge in [0.05, 0.1) is 6.04 Å². The van der Waals surface area contributed by atoms with Gasteiger partial charge in [0.25, 0.3) is 0 Å². The van der Waals surface area contributed by atoms with Crippen molar-refractivity contribution in [2.75, 3.05) is 29.9 Å². The summed E-state index contributed by atoms with van der Waals surface area (Å²) in [7, 11) is 0. The van der Waals surface area contributed by atoms with E-state index in [0.717, 1.165) is 30.4 Å². The van der Waals surface area contributed by atoms with Crippen LogP contribution in [0.1, 0.15) is 38.3 Å². The Balaban J connectivity index is 1.54. The second-order valence-electron chi connectivity index (χ2n) is 7.73. The first-order valence-electron chi connectivity index (χ1n) is 10.3. The Bertz CT molecular complexity index is 821. The Labute approximate surface area is 180 Å². The van der Waals surface area contributed by atoms with Crippen LogP contribution in [-0.2, 0) is 0 Å². The van der Waals surface area contributed by atoms with Crippen LogP contribution in [0.15, 0.2) is 61.2 Å². The predicted molar refractivity (Wildman–Crippen MR) is 127 cm³/mol. The molecule has 1 aliphatic heterocycles. The molecule has 2 aromatic carbocycles. The van der Waals surface area contributed by atoms with Gasteiger partial charge in [0, 0.05) is 30.5 Å². The van der Waals surface area contributed by atoms with Crippen LogP contribution in [0.5, 0.6) is 5.75 Å². The molecule has 0 amide bonds. The maximum absolute atomic E-state index is 5.57. The molecule has 2 aromatic rings. The maximum Gasteiger partial charge on any atom is 0.171 e. The molecule has 3 rings (SSSR count). The molecule has 1 fully saturated rings. The van der Waals surface area contributed by atoms with E-state index in [9.17, 15) is 0 Å². The zero-order valence-corrected chi connectivity index (χ0v) is 18.2.